The average molecular weight is 462 g/mol. The van der Waals surface area contributed by atoms with Gasteiger partial charge in [-0.15, -0.1) is 24.0 Å². The van der Waals surface area contributed by atoms with Gasteiger partial charge in [0.1, 0.15) is 5.75 Å². The van der Waals surface area contributed by atoms with Crippen LogP contribution in [0.2, 0.25) is 0 Å². The van der Waals surface area contributed by atoms with Crippen molar-refractivity contribution in [3.05, 3.63) is 24.3 Å². The number of nitrogens with one attached hydrogen (secondary N) is 1. The number of aliphatic imine (C=N–C) groups is 1. The van der Waals surface area contributed by atoms with Crippen LogP contribution in [0.3, 0.4) is 0 Å². The Morgan fingerprint density at radius 3 is 2.36 bits per heavy atom. The Balaban J connectivity index is 0.00000312. The summed E-state index contributed by atoms with van der Waals surface area (Å²) in [6, 6.07) is 8.28. The first-order chi connectivity index (χ1) is 11.8. The Hall–Kier alpha value is -1.22. The molecule has 2 rings (SSSR count). The number of hydrogen-bond acceptors (Lipinski definition) is 4. The van der Waals surface area contributed by atoms with E-state index in [1.165, 1.54) is 5.69 Å². The Labute approximate surface area is 168 Å². The highest BCUT2D eigenvalue weighted by Crippen LogP contribution is 2.20. The van der Waals surface area contributed by atoms with E-state index in [-0.39, 0.29) is 24.0 Å². The SMILES string of the molecule is CCNC(=NCCCOC)N1CCN(c2ccc(OC)cc2)CC1.I. The maximum Gasteiger partial charge on any atom is 0.194 e. The number of anilines is 1. The van der Waals surface area contributed by atoms with E-state index < -0.39 is 0 Å². The molecule has 7 heteroatoms. The molecule has 142 valence electrons. The van der Waals surface area contributed by atoms with E-state index >= 15 is 0 Å². The quantitative estimate of drug-likeness (QED) is 0.292. The predicted octanol–water partition coefficient (Wildman–Crippen LogP) is 2.44. The van der Waals surface area contributed by atoms with E-state index in [0.29, 0.717) is 0 Å². The molecule has 1 aliphatic rings. The lowest BCUT2D eigenvalue weighted by molar-refractivity contribution is 0.197. The standard InChI is InChI=1S/C18H30N4O2.HI/c1-4-19-18(20-10-5-15-23-2)22-13-11-21(12-14-22)16-6-8-17(24-3)9-7-16;/h6-9H,4-5,10-15H2,1-3H3,(H,19,20);1H. The fourth-order valence-corrected chi connectivity index (χ4v) is 2.79. The molecule has 0 atom stereocenters. The smallest absolute Gasteiger partial charge is 0.194 e. The number of rotatable bonds is 7. The number of guanidine groups is 1. The van der Waals surface area contributed by atoms with Crippen LogP contribution in [0.5, 0.6) is 5.75 Å². The van der Waals surface area contributed by atoms with Crippen molar-refractivity contribution in [3.63, 3.8) is 0 Å². The van der Waals surface area contributed by atoms with Crippen LogP contribution in [-0.2, 0) is 4.74 Å². The number of ether oxygens (including phenoxy) is 2. The molecule has 0 unspecified atom stereocenters. The van der Waals surface area contributed by atoms with Gasteiger partial charge in [0, 0.05) is 58.7 Å². The Bertz CT molecular complexity index is 502. The van der Waals surface area contributed by atoms with Gasteiger partial charge in [0.05, 0.1) is 7.11 Å². The second-order valence-electron chi connectivity index (χ2n) is 5.75. The van der Waals surface area contributed by atoms with Crippen LogP contribution in [0.1, 0.15) is 13.3 Å². The molecule has 0 aromatic heterocycles. The lowest BCUT2D eigenvalue weighted by Crippen LogP contribution is -2.52. The van der Waals surface area contributed by atoms with Gasteiger partial charge in [-0.3, -0.25) is 4.99 Å². The maximum atomic E-state index is 5.23. The monoisotopic (exact) mass is 462 g/mol. The van der Waals surface area contributed by atoms with Gasteiger partial charge in [-0.05, 0) is 37.6 Å². The molecule has 0 bridgehead atoms. The average Bonchev–Trinajstić information content (AvgIpc) is 2.64. The second kappa shape index (κ2) is 12.2. The minimum atomic E-state index is 0. The summed E-state index contributed by atoms with van der Waals surface area (Å²) in [6.07, 6.45) is 0.956. The normalized spacial score (nSPS) is 14.9. The van der Waals surface area contributed by atoms with Gasteiger partial charge >= 0.3 is 0 Å². The van der Waals surface area contributed by atoms with E-state index in [1.807, 2.05) is 12.1 Å². The molecule has 0 amide bonds. The molecule has 1 aliphatic heterocycles. The summed E-state index contributed by atoms with van der Waals surface area (Å²) in [5.74, 6) is 1.91. The Morgan fingerprint density at radius 2 is 1.80 bits per heavy atom. The minimum absolute atomic E-state index is 0. The Morgan fingerprint density at radius 1 is 1.12 bits per heavy atom. The number of hydrogen-bond donors (Lipinski definition) is 1. The maximum absolute atomic E-state index is 5.23. The largest absolute Gasteiger partial charge is 0.497 e. The molecular formula is C18H31IN4O2. The predicted molar refractivity (Wildman–Crippen MR) is 115 cm³/mol. The summed E-state index contributed by atoms with van der Waals surface area (Å²) >= 11 is 0. The molecule has 1 fully saturated rings. The molecule has 0 saturated carbocycles. The van der Waals surface area contributed by atoms with Gasteiger partial charge in [0.25, 0.3) is 0 Å². The van der Waals surface area contributed by atoms with Crippen molar-refractivity contribution in [2.75, 3.05) is 65.0 Å². The van der Waals surface area contributed by atoms with Crippen molar-refractivity contribution < 1.29 is 9.47 Å². The zero-order valence-electron chi connectivity index (χ0n) is 15.5. The molecule has 1 heterocycles. The number of nitrogens with zero attached hydrogens (tertiary/aromatic N) is 3. The van der Waals surface area contributed by atoms with Gasteiger partial charge in [0.15, 0.2) is 5.96 Å². The van der Waals surface area contributed by atoms with E-state index in [2.05, 4.69) is 34.2 Å². The van der Waals surface area contributed by atoms with E-state index in [0.717, 1.165) is 64.0 Å². The zero-order chi connectivity index (χ0) is 17.2. The number of piperazine rings is 1. The minimum Gasteiger partial charge on any atom is -0.497 e. The molecular weight excluding hydrogens is 431 g/mol. The van der Waals surface area contributed by atoms with E-state index in [4.69, 9.17) is 14.5 Å². The molecule has 1 aromatic rings. The first kappa shape index (κ1) is 21.8. The fraction of sp³-hybridized carbons (Fsp3) is 0.611. The highest BCUT2D eigenvalue weighted by atomic mass is 127. The summed E-state index contributed by atoms with van der Waals surface area (Å²) in [4.78, 5) is 9.46. The lowest BCUT2D eigenvalue weighted by atomic mass is 10.2. The topological polar surface area (TPSA) is 49.3 Å². The summed E-state index contributed by atoms with van der Waals surface area (Å²) in [5, 5.41) is 3.40. The molecule has 0 spiro atoms. The van der Waals surface area contributed by atoms with Crippen LogP contribution in [-0.4, -0.2) is 71.0 Å². The van der Waals surface area contributed by atoms with Gasteiger partial charge in [-0.1, -0.05) is 0 Å². The third kappa shape index (κ3) is 6.89. The first-order valence-electron chi connectivity index (χ1n) is 8.69. The van der Waals surface area contributed by atoms with Gasteiger partial charge in [0.2, 0.25) is 0 Å². The highest BCUT2D eigenvalue weighted by Gasteiger charge is 2.19. The van der Waals surface area contributed by atoms with E-state index in [9.17, 15) is 0 Å². The van der Waals surface area contributed by atoms with Crippen molar-refractivity contribution in [1.82, 2.24) is 10.2 Å². The molecule has 0 aliphatic carbocycles. The third-order valence-corrected chi connectivity index (χ3v) is 4.12. The van der Waals surface area contributed by atoms with E-state index in [1.54, 1.807) is 14.2 Å². The summed E-state index contributed by atoms with van der Waals surface area (Å²) in [5.41, 5.74) is 1.25. The van der Waals surface area contributed by atoms with Crippen molar-refractivity contribution >= 4 is 35.6 Å². The zero-order valence-corrected chi connectivity index (χ0v) is 17.9. The van der Waals surface area contributed by atoms with Gasteiger partial charge in [-0.25, -0.2) is 0 Å². The molecule has 0 radical (unpaired) electrons. The van der Waals surface area contributed by atoms with Crippen molar-refractivity contribution in [1.29, 1.82) is 0 Å². The lowest BCUT2D eigenvalue weighted by Gasteiger charge is -2.37. The molecule has 1 N–H and O–H groups in total. The summed E-state index contributed by atoms with van der Waals surface area (Å²) in [6.45, 7) is 8.50. The number of benzene rings is 1. The van der Waals surface area contributed by atoms with Crippen molar-refractivity contribution in [2.45, 2.75) is 13.3 Å². The Kier molecular flexibility index (Phi) is 10.6. The third-order valence-electron chi connectivity index (χ3n) is 4.12. The number of methoxy groups -OCH3 is 2. The van der Waals surface area contributed by atoms with Crippen LogP contribution in [0.25, 0.3) is 0 Å². The van der Waals surface area contributed by atoms with Crippen molar-refractivity contribution in [3.8, 4) is 5.75 Å². The molecule has 1 aromatic carbocycles. The summed E-state index contributed by atoms with van der Waals surface area (Å²) < 4.78 is 10.3. The van der Waals surface area contributed by atoms with Gasteiger partial charge in [-0.2, -0.15) is 0 Å². The van der Waals surface area contributed by atoms with Crippen molar-refractivity contribution in [2.24, 2.45) is 4.99 Å². The molecule has 1 saturated heterocycles. The van der Waals surface area contributed by atoms with Crippen LogP contribution in [0.15, 0.2) is 29.3 Å². The highest BCUT2D eigenvalue weighted by molar-refractivity contribution is 14.0. The van der Waals surface area contributed by atoms with Crippen LogP contribution < -0.4 is 15.0 Å². The second-order valence-corrected chi connectivity index (χ2v) is 5.75. The van der Waals surface area contributed by atoms with Crippen LogP contribution in [0, 0.1) is 0 Å². The number of halogens is 1. The first-order valence-corrected chi connectivity index (χ1v) is 8.69. The van der Waals surface area contributed by atoms with Crippen LogP contribution in [0.4, 0.5) is 5.69 Å². The molecule has 25 heavy (non-hydrogen) atoms. The summed E-state index contributed by atoms with van der Waals surface area (Å²) in [7, 11) is 3.43. The molecule has 6 nitrogen and oxygen atoms in total. The fourth-order valence-electron chi connectivity index (χ4n) is 2.79. The van der Waals surface area contributed by atoms with Crippen LogP contribution >= 0.6 is 24.0 Å². The van der Waals surface area contributed by atoms with Gasteiger partial charge < -0.3 is 24.6 Å².